The molecule has 0 amide bonds. The molecule has 0 N–H and O–H groups in total. The lowest BCUT2D eigenvalue weighted by Gasteiger charge is -2.40. The Kier molecular flexibility index (Phi) is 5.99. The third-order valence-electron chi connectivity index (χ3n) is 5.77. The van der Waals surface area contributed by atoms with E-state index in [1.165, 1.54) is 38.5 Å². The molecule has 1 saturated heterocycles. The van der Waals surface area contributed by atoms with Crippen LogP contribution in [-0.4, -0.2) is 53.1 Å². The molecule has 1 saturated carbocycles. The third kappa shape index (κ3) is 4.80. The van der Waals surface area contributed by atoms with Gasteiger partial charge in [0.15, 0.2) is 0 Å². The summed E-state index contributed by atoms with van der Waals surface area (Å²) in [5, 5.41) is -0.264. The quantitative estimate of drug-likeness (QED) is 0.722. The van der Waals surface area contributed by atoms with E-state index >= 15 is 0 Å². The highest BCUT2D eigenvalue weighted by atomic mass is 32.2. The van der Waals surface area contributed by atoms with E-state index in [4.69, 9.17) is 7.85 Å². The van der Waals surface area contributed by atoms with Crippen LogP contribution < -0.4 is 0 Å². The fraction of sp³-hybridized carbons (Fsp3) is 0.941. The van der Waals surface area contributed by atoms with Crippen LogP contribution in [0.4, 0.5) is 0 Å². The van der Waals surface area contributed by atoms with E-state index in [-0.39, 0.29) is 16.8 Å². The topological polar surface area (TPSA) is 49.7 Å². The molecule has 2 aliphatic heterocycles. The van der Waals surface area contributed by atoms with Gasteiger partial charge < -0.3 is 4.90 Å². The highest BCUT2D eigenvalue weighted by molar-refractivity contribution is 7.90. The molecule has 2 heterocycles. The minimum Gasteiger partial charge on any atom is -0.359 e. The molecule has 1 unspecified atom stereocenters. The second kappa shape index (κ2) is 7.84. The Morgan fingerprint density at radius 2 is 1.67 bits per heavy atom. The number of nitrogens with zero attached hydrogens (tertiary/aromatic N) is 2. The van der Waals surface area contributed by atoms with Gasteiger partial charge in [-0.2, -0.15) is 4.40 Å². The summed E-state index contributed by atoms with van der Waals surface area (Å²) in [4.78, 5) is 2.20. The Balaban J connectivity index is 1.80. The first-order chi connectivity index (χ1) is 11.5. The SMILES string of the molecule is [B]C1([B]C2CCCCCN3CCS(=O)(=O)N=C23)CCCCCCC1. The average molecular weight is 347 g/mol. The average Bonchev–Trinajstić information content (AvgIpc) is 2.49. The molecule has 3 radical (unpaired) electrons. The molecule has 3 aliphatic rings. The number of hydrogen-bond donors (Lipinski definition) is 0. The van der Waals surface area contributed by atoms with Gasteiger partial charge in [-0.15, -0.1) is 0 Å². The van der Waals surface area contributed by atoms with Crippen molar-refractivity contribution in [3.63, 3.8) is 0 Å². The standard InChI is InChI=1S/C17H29B2N2O2S/c18-17(10-6-2-1-3-7-11-17)19-15-9-5-4-8-12-21-13-14-24(22,23)20-16(15)21/h15H,1-14H2. The molecule has 1 atom stereocenters. The molecule has 2 fully saturated rings. The second-order valence-corrected chi connectivity index (χ2v) is 9.60. The Bertz CT molecular complexity index is 557. The fourth-order valence-corrected chi connectivity index (χ4v) is 5.45. The molecule has 0 aromatic rings. The maximum atomic E-state index is 12.1. The van der Waals surface area contributed by atoms with E-state index in [0.29, 0.717) is 6.54 Å². The van der Waals surface area contributed by atoms with Crippen LogP contribution in [0.25, 0.3) is 0 Å². The van der Waals surface area contributed by atoms with Crippen molar-refractivity contribution in [3.05, 3.63) is 0 Å². The van der Waals surface area contributed by atoms with Crippen LogP contribution in [0.2, 0.25) is 11.0 Å². The van der Waals surface area contributed by atoms with Gasteiger partial charge in [-0.1, -0.05) is 69.4 Å². The lowest BCUT2D eigenvalue weighted by atomic mass is 9.34. The van der Waals surface area contributed by atoms with Crippen LogP contribution in [0.3, 0.4) is 0 Å². The van der Waals surface area contributed by atoms with Gasteiger partial charge in [0.25, 0.3) is 10.0 Å². The molecule has 4 nitrogen and oxygen atoms in total. The fourth-order valence-electron chi connectivity index (χ4n) is 4.38. The molecule has 131 valence electrons. The van der Waals surface area contributed by atoms with Crippen molar-refractivity contribution in [2.24, 2.45) is 4.40 Å². The maximum absolute atomic E-state index is 12.1. The molecule has 1 aliphatic carbocycles. The summed E-state index contributed by atoms with van der Waals surface area (Å²) < 4.78 is 28.3. The molecule has 0 aromatic heterocycles. The first-order valence-corrected chi connectivity index (χ1v) is 11.3. The lowest BCUT2D eigenvalue weighted by Crippen LogP contribution is -2.45. The number of fused-ring (bicyclic) bond motifs is 1. The van der Waals surface area contributed by atoms with Crippen molar-refractivity contribution >= 4 is 31.0 Å². The van der Waals surface area contributed by atoms with Crippen LogP contribution in [-0.2, 0) is 10.0 Å². The van der Waals surface area contributed by atoms with E-state index in [1.807, 2.05) is 0 Å². The summed E-state index contributed by atoms with van der Waals surface area (Å²) in [6.45, 7) is 1.51. The van der Waals surface area contributed by atoms with Crippen LogP contribution in [0.15, 0.2) is 4.40 Å². The molecule has 0 aromatic carbocycles. The largest absolute Gasteiger partial charge is 0.359 e. The monoisotopic (exact) mass is 347 g/mol. The first kappa shape index (κ1) is 18.3. The summed E-state index contributed by atoms with van der Waals surface area (Å²) in [6.07, 6.45) is 12.7. The van der Waals surface area contributed by atoms with Crippen molar-refractivity contribution in [3.8, 4) is 0 Å². The van der Waals surface area contributed by atoms with Gasteiger partial charge in [0, 0.05) is 13.1 Å². The zero-order valence-corrected chi connectivity index (χ0v) is 15.6. The van der Waals surface area contributed by atoms with E-state index in [2.05, 4.69) is 16.6 Å². The molecule has 24 heavy (non-hydrogen) atoms. The van der Waals surface area contributed by atoms with Crippen molar-refractivity contribution in [2.75, 3.05) is 18.8 Å². The molecule has 0 spiro atoms. The summed E-state index contributed by atoms with van der Waals surface area (Å²) >= 11 is 0. The predicted octanol–water partition coefficient (Wildman–Crippen LogP) is 3.13. The zero-order valence-electron chi connectivity index (χ0n) is 14.8. The number of rotatable bonds is 2. The van der Waals surface area contributed by atoms with Crippen LogP contribution >= 0.6 is 0 Å². The minimum absolute atomic E-state index is 0.0878. The number of sulfonamides is 1. The number of hydrogen-bond acceptors (Lipinski definition) is 3. The maximum Gasteiger partial charge on any atom is 0.256 e. The van der Waals surface area contributed by atoms with E-state index < -0.39 is 10.0 Å². The zero-order chi connectivity index (χ0) is 17.0. The van der Waals surface area contributed by atoms with Crippen LogP contribution in [0, 0.1) is 0 Å². The summed E-state index contributed by atoms with van der Waals surface area (Å²) in [5.74, 6) is 1.01. The van der Waals surface area contributed by atoms with Crippen molar-refractivity contribution in [1.82, 2.24) is 4.90 Å². The van der Waals surface area contributed by atoms with Crippen molar-refractivity contribution in [2.45, 2.75) is 81.7 Å². The van der Waals surface area contributed by atoms with E-state index in [0.717, 1.165) is 44.5 Å². The molecule has 3 rings (SSSR count). The van der Waals surface area contributed by atoms with Gasteiger partial charge in [0.1, 0.15) is 13.1 Å². The second-order valence-electron chi connectivity index (χ2n) is 7.85. The Morgan fingerprint density at radius 3 is 2.42 bits per heavy atom. The third-order valence-corrected chi connectivity index (χ3v) is 6.93. The van der Waals surface area contributed by atoms with Gasteiger partial charge in [-0.25, -0.2) is 8.42 Å². The summed E-state index contributed by atoms with van der Waals surface area (Å²) in [6, 6.07) is 0. The predicted molar refractivity (Wildman–Crippen MR) is 102 cm³/mol. The van der Waals surface area contributed by atoms with Gasteiger partial charge in [0.2, 0.25) is 0 Å². The normalized spacial score (nSPS) is 30.8. The summed E-state index contributed by atoms with van der Waals surface area (Å²) in [7, 11) is 5.73. The molecular formula is C17H29B2N2O2S. The first-order valence-electron chi connectivity index (χ1n) is 9.70. The molecule has 0 bridgehead atoms. The van der Waals surface area contributed by atoms with Gasteiger partial charge in [-0.05, 0) is 12.2 Å². The van der Waals surface area contributed by atoms with Crippen LogP contribution in [0.5, 0.6) is 0 Å². The Labute approximate surface area is 149 Å². The number of amidine groups is 1. The van der Waals surface area contributed by atoms with Gasteiger partial charge in [0.05, 0.1) is 13.6 Å². The van der Waals surface area contributed by atoms with E-state index in [1.54, 1.807) is 0 Å². The van der Waals surface area contributed by atoms with Crippen molar-refractivity contribution < 1.29 is 8.42 Å². The highest BCUT2D eigenvalue weighted by Crippen LogP contribution is 2.41. The van der Waals surface area contributed by atoms with Gasteiger partial charge >= 0.3 is 0 Å². The Morgan fingerprint density at radius 1 is 1.00 bits per heavy atom. The molecule has 7 heteroatoms. The Hall–Kier alpha value is -0.450. The molecular weight excluding hydrogens is 318 g/mol. The van der Waals surface area contributed by atoms with Crippen LogP contribution in [0.1, 0.15) is 70.6 Å². The van der Waals surface area contributed by atoms with Crippen molar-refractivity contribution in [1.29, 1.82) is 0 Å². The summed E-state index contributed by atoms with van der Waals surface area (Å²) in [5.41, 5.74) is 0. The van der Waals surface area contributed by atoms with Gasteiger partial charge in [-0.3, -0.25) is 0 Å². The minimum atomic E-state index is -3.30. The highest BCUT2D eigenvalue weighted by Gasteiger charge is 2.36. The smallest absolute Gasteiger partial charge is 0.256 e. The lowest BCUT2D eigenvalue weighted by molar-refractivity contribution is 0.387. The van der Waals surface area contributed by atoms with E-state index in [9.17, 15) is 8.42 Å².